The van der Waals surface area contributed by atoms with Crippen LogP contribution in [0.2, 0.25) is 0 Å². The van der Waals surface area contributed by atoms with Gasteiger partial charge in [-0.25, -0.2) is 4.68 Å². The quantitative estimate of drug-likeness (QED) is 0.578. The van der Waals surface area contributed by atoms with Gasteiger partial charge in [-0.3, -0.25) is 4.79 Å². The fraction of sp³-hybridized carbons (Fsp3) is 0.375. The van der Waals surface area contributed by atoms with Gasteiger partial charge < -0.3 is 10.6 Å². The van der Waals surface area contributed by atoms with Gasteiger partial charge in [0.2, 0.25) is 0 Å². The summed E-state index contributed by atoms with van der Waals surface area (Å²) in [4.78, 5) is 12.8. The maximum atomic E-state index is 12.2. The van der Waals surface area contributed by atoms with E-state index in [2.05, 4.69) is 35.5 Å². The monoisotopic (exact) mass is 372 g/mol. The van der Waals surface area contributed by atoms with Crippen molar-refractivity contribution in [1.82, 2.24) is 34.9 Å². The van der Waals surface area contributed by atoms with Gasteiger partial charge in [0, 0.05) is 19.3 Å². The number of rotatable bonds is 8. The van der Waals surface area contributed by atoms with Crippen molar-refractivity contribution in [3.8, 4) is 5.82 Å². The van der Waals surface area contributed by atoms with Crippen LogP contribution >= 0.6 is 11.5 Å². The lowest BCUT2D eigenvalue weighted by Crippen LogP contribution is -2.29. The van der Waals surface area contributed by atoms with Crippen LogP contribution in [0.15, 0.2) is 24.4 Å². The van der Waals surface area contributed by atoms with Crippen LogP contribution in [0.3, 0.4) is 0 Å². The molecule has 1 amide bonds. The van der Waals surface area contributed by atoms with Crippen LogP contribution < -0.4 is 10.6 Å². The van der Waals surface area contributed by atoms with Crippen LogP contribution in [-0.4, -0.2) is 48.6 Å². The molecule has 0 saturated carbocycles. The number of nitrogens with one attached hydrogen (secondary N) is 2. The molecule has 0 atom stereocenters. The van der Waals surface area contributed by atoms with Crippen molar-refractivity contribution in [2.24, 2.45) is 0 Å². The molecule has 0 aromatic carbocycles. The van der Waals surface area contributed by atoms with Crippen molar-refractivity contribution in [3.63, 3.8) is 0 Å². The highest BCUT2D eigenvalue weighted by Crippen LogP contribution is 2.12. The van der Waals surface area contributed by atoms with E-state index < -0.39 is 0 Å². The zero-order valence-electron chi connectivity index (χ0n) is 14.6. The molecular formula is C16H20N8OS. The molecule has 0 saturated heterocycles. The molecule has 0 radical (unpaired) electrons. The van der Waals surface area contributed by atoms with E-state index in [0.717, 1.165) is 35.8 Å². The van der Waals surface area contributed by atoms with E-state index in [-0.39, 0.29) is 5.91 Å². The summed E-state index contributed by atoms with van der Waals surface area (Å²) in [6.45, 7) is 4.96. The smallest absolute Gasteiger partial charge is 0.265 e. The number of carbonyl (C=O) groups excluding carboxylic acids is 1. The third-order valence-electron chi connectivity index (χ3n) is 3.57. The van der Waals surface area contributed by atoms with Crippen molar-refractivity contribution < 1.29 is 4.79 Å². The number of amides is 1. The Morgan fingerprint density at radius 1 is 1.19 bits per heavy atom. The van der Waals surface area contributed by atoms with E-state index in [9.17, 15) is 4.79 Å². The third-order valence-corrected chi connectivity index (χ3v) is 4.34. The highest BCUT2D eigenvalue weighted by atomic mass is 32.1. The lowest BCUT2D eigenvalue weighted by atomic mass is 10.2. The molecule has 0 aliphatic heterocycles. The van der Waals surface area contributed by atoms with Gasteiger partial charge in [0.15, 0.2) is 5.82 Å². The van der Waals surface area contributed by atoms with Gasteiger partial charge in [-0.2, -0.15) is 5.10 Å². The normalized spacial score (nSPS) is 10.7. The maximum absolute atomic E-state index is 12.2. The Hall–Kier alpha value is -2.88. The number of nitrogens with zero attached hydrogens (tertiary/aromatic N) is 6. The summed E-state index contributed by atoms with van der Waals surface area (Å²) in [6, 6.07) is 5.56. The molecule has 3 aromatic rings. The van der Waals surface area contributed by atoms with Crippen LogP contribution in [0.1, 0.15) is 34.4 Å². The molecule has 10 heteroatoms. The molecular weight excluding hydrogens is 352 g/mol. The van der Waals surface area contributed by atoms with E-state index in [4.69, 9.17) is 0 Å². The third kappa shape index (κ3) is 4.39. The second-order valence-corrected chi connectivity index (χ2v) is 6.41. The molecule has 3 aromatic heterocycles. The number of hydrogen-bond donors (Lipinski definition) is 2. The van der Waals surface area contributed by atoms with Crippen LogP contribution in [0.5, 0.6) is 0 Å². The van der Waals surface area contributed by atoms with E-state index in [1.807, 2.05) is 38.2 Å². The van der Waals surface area contributed by atoms with Crippen molar-refractivity contribution in [3.05, 3.63) is 40.7 Å². The number of hydrogen-bond acceptors (Lipinski definition) is 8. The largest absolute Gasteiger partial charge is 0.367 e. The highest BCUT2D eigenvalue weighted by molar-refractivity contribution is 7.08. The van der Waals surface area contributed by atoms with Crippen molar-refractivity contribution in [1.29, 1.82) is 0 Å². The number of anilines is 1. The minimum atomic E-state index is -0.138. The minimum Gasteiger partial charge on any atom is -0.367 e. The first kappa shape index (κ1) is 17.9. The molecule has 0 bridgehead atoms. The molecule has 0 fully saturated rings. The standard InChI is InChI=1S/C16H20N8OS/c1-3-4-12-15(26-23-19-12)16(25)18-9-8-17-13-5-6-14(21-20-13)24-10-7-11(2)22-24/h5-7,10H,3-4,8-9H2,1-2H3,(H,17,20)(H,18,25). The van der Waals surface area contributed by atoms with E-state index in [0.29, 0.717) is 29.6 Å². The lowest BCUT2D eigenvalue weighted by Gasteiger charge is -2.07. The average molecular weight is 372 g/mol. The Kier molecular flexibility index (Phi) is 5.84. The molecule has 136 valence electrons. The van der Waals surface area contributed by atoms with Crippen LogP contribution in [-0.2, 0) is 6.42 Å². The summed E-state index contributed by atoms with van der Waals surface area (Å²) in [5, 5.41) is 22.5. The van der Waals surface area contributed by atoms with Crippen molar-refractivity contribution >= 4 is 23.3 Å². The molecule has 0 aliphatic rings. The number of carbonyl (C=O) groups is 1. The minimum absolute atomic E-state index is 0.138. The van der Waals surface area contributed by atoms with Crippen LogP contribution in [0.4, 0.5) is 5.82 Å². The second-order valence-electron chi connectivity index (χ2n) is 5.66. The first-order valence-corrected chi connectivity index (χ1v) is 9.14. The van der Waals surface area contributed by atoms with E-state index >= 15 is 0 Å². The maximum Gasteiger partial charge on any atom is 0.265 e. The molecule has 0 aliphatic carbocycles. The van der Waals surface area contributed by atoms with E-state index in [1.165, 1.54) is 0 Å². The van der Waals surface area contributed by atoms with Gasteiger partial charge in [-0.1, -0.05) is 17.8 Å². The first-order valence-electron chi connectivity index (χ1n) is 8.37. The molecule has 9 nitrogen and oxygen atoms in total. The second kappa shape index (κ2) is 8.48. The summed E-state index contributed by atoms with van der Waals surface area (Å²) in [5.74, 6) is 1.15. The lowest BCUT2D eigenvalue weighted by molar-refractivity contribution is 0.0958. The SMILES string of the molecule is CCCc1nnsc1C(=O)NCCNc1ccc(-n2ccc(C)n2)nn1. The molecule has 2 N–H and O–H groups in total. The summed E-state index contributed by atoms with van der Waals surface area (Å²) in [5.41, 5.74) is 1.68. The Morgan fingerprint density at radius 2 is 2.08 bits per heavy atom. The zero-order chi connectivity index (χ0) is 18.4. The zero-order valence-corrected chi connectivity index (χ0v) is 15.5. The summed E-state index contributed by atoms with van der Waals surface area (Å²) in [7, 11) is 0. The average Bonchev–Trinajstić information content (AvgIpc) is 3.28. The first-order chi connectivity index (χ1) is 12.7. The van der Waals surface area contributed by atoms with Crippen LogP contribution in [0.25, 0.3) is 5.82 Å². The van der Waals surface area contributed by atoms with Gasteiger partial charge in [0.05, 0.1) is 11.4 Å². The van der Waals surface area contributed by atoms with Gasteiger partial charge in [-0.15, -0.1) is 15.3 Å². The summed E-state index contributed by atoms with van der Waals surface area (Å²) in [6.07, 6.45) is 3.53. The fourth-order valence-corrected chi connectivity index (χ4v) is 2.94. The Morgan fingerprint density at radius 3 is 2.77 bits per heavy atom. The van der Waals surface area contributed by atoms with Crippen molar-refractivity contribution in [2.75, 3.05) is 18.4 Å². The highest BCUT2D eigenvalue weighted by Gasteiger charge is 2.14. The van der Waals surface area contributed by atoms with E-state index in [1.54, 1.807) is 4.68 Å². The molecule has 26 heavy (non-hydrogen) atoms. The molecule has 3 heterocycles. The number of aromatic nitrogens is 6. The predicted molar refractivity (Wildman–Crippen MR) is 98.6 cm³/mol. The van der Waals surface area contributed by atoms with Crippen molar-refractivity contribution in [2.45, 2.75) is 26.7 Å². The fourth-order valence-electron chi connectivity index (χ4n) is 2.31. The summed E-state index contributed by atoms with van der Waals surface area (Å²) >= 11 is 1.13. The van der Waals surface area contributed by atoms with Gasteiger partial charge in [0.25, 0.3) is 5.91 Å². The number of aryl methyl sites for hydroxylation is 2. The molecule has 0 unspecified atom stereocenters. The van der Waals surface area contributed by atoms with Gasteiger partial charge in [-0.05, 0) is 43.1 Å². The van der Waals surface area contributed by atoms with Crippen LogP contribution in [0, 0.1) is 6.92 Å². The van der Waals surface area contributed by atoms with Gasteiger partial charge in [0.1, 0.15) is 10.7 Å². The molecule has 0 spiro atoms. The van der Waals surface area contributed by atoms with Gasteiger partial charge >= 0.3 is 0 Å². The Labute approximate surface area is 155 Å². The Balaban J connectivity index is 1.46. The molecule has 3 rings (SSSR count). The predicted octanol–water partition coefficient (Wildman–Crippen LogP) is 1.62. The Bertz CT molecular complexity index is 857. The summed E-state index contributed by atoms with van der Waals surface area (Å²) < 4.78 is 5.53. The topological polar surface area (TPSA) is 111 Å².